The smallest absolute Gasteiger partial charge is 0.171 e. The van der Waals surface area contributed by atoms with Crippen LogP contribution in [0.3, 0.4) is 0 Å². The van der Waals surface area contributed by atoms with E-state index >= 15 is 0 Å². The molecule has 2 aromatic rings. The summed E-state index contributed by atoms with van der Waals surface area (Å²) in [6, 6.07) is 25.0. The standard InChI is InChI=1S/2C6H5.2C5H5.2BrH.H2Si.Zr/c2*1-2-4-6-5-3-1;2*1-2-4-5-3-1;;;;/h2*1-5H;2*1-3H,4H2;2*1H;1H2;/q4*-1;;;;. The zero-order valence-electron chi connectivity index (χ0n) is 14.7. The minimum absolute atomic E-state index is 0. The summed E-state index contributed by atoms with van der Waals surface area (Å²) < 4.78 is 0. The van der Waals surface area contributed by atoms with Crippen LogP contribution in [0.5, 0.6) is 0 Å². The Labute approximate surface area is 196 Å². The molecule has 2 aliphatic rings. The predicted molar refractivity (Wildman–Crippen MR) is 123 cm³/mol. The van der Waals surface area contributed by atoms with Gasteiger partial charge in [-0.05, 0) is 0 Å². The molecule has 26 heavy (non-hydrogen) atoms. The van der Waals surface area contributed by atoms with Crippen molar-refractivity contribution in [3.8, 4) is 0 Å². The van der Waals surface area contributed by atoms with Gasteiger partial charge in [-0.3, -0.25) is 12.2 Å². The van der Waals surface area contributed by atoms with Crippen LogP contribution in [-0.2, 0) is 23.3 Å². The van der Waals surface area contributed by atoms with Gasteiger partial charge in [0.15, 0.2) is 0 Å². The average Bonchev–Trinajstić information content (AvgIpc) is 3.45. The maximum absolute atomic E-state index is 2.99. The average molecular weight is 568 g/mol. The minimum Gasteiger partial charge on any atom is -0.184 e. The number of hydrogen-bond acceptors (Lipinski definition) is 0. The Balaban J connectivity index is -0.000000257. The van der Waals surface area contributed by atoms with Gasteiger partial charge in [0.1, 0.15) is 0 Å². The van der Waals surface area contributed by atoms with Gasteiger partial charge in [-0.15, -0.1) is 46.8 Å². The first-order valence-corrected chi connectivity index (χ1v) is 13.5. The van der Waals surface area contributed by atoms with E-state index in [4.69, 9.17) is 0 Å². The first kappa shape index (κ1) is 30.2. The maximum atomic E-state index is 2.99. The van der Waals surface area contributed by atoms with Crippen LogP contribution in [0.1, 0.15) is 12.8 Å². The fourth-order valence-corrected chi connectivity index (χ4v) is 1.36. The fourth-order valence-electron chi connectivity index (χ4n) is 1.36. The van der Waals surface area contributed by atoms with Crippen LogP contribution in [0.4, 0.5) is 0 Å². The molecular weight excluding hydrogens is 543 g/mol. The molecule has 138 valence electrons. The van der Waals surface area contributed by atoms with Crippen molar-refractivity contribution in [3.05, 3.63) is 121 Å². The maximum Gasteiger partial charge on any atom is -0.171 e. The summed E-state index contributed by atoms with van der Waals surface area (Å²) in [7, 11) is 0. The zero-order valence-corrected chi connectivity index (χ0v) is 22.0. The molecule has 0 bridgehead atoms. The first-order valence-electron chi connectivity index (χ1n) is 7.61. The summed E-state index contributed by atoms with van der Waals surface area (Å²) in [6.45, 7) is 1.95. The SMILES string of the molecule is Br.Br.[C-]1=CC=CC1.[C-]1=CC=CC1.[SiH2]=[Zr].[c-]1ccccc1.[c-]1ccccc1. The van der Waals surface area contributed by atoms with Gasteiger partial charge in [-0.1, -0.05) is 0 Å². The van der Waals surface area contributed by atoms with E-state index in [2.05, 4.69) is 36.4 Å². The van der Waals surface area contributed by atoms with Gasteiger partial charge in [-0.25, -0.2) is 24.3 Å². The third kappa shape index (κ3) is 25.7. The van der Waals surface area contributed by atoms with E-state index in [9.17, 15) is 0 Å². The fraction of sp³-hybridized carbons (Fsp3) is 0.0909. The quantitative estimate of drug-likeness (QED) is 0.278. The van der Waals surface area contributed by atoms with Crippen LogP contribution in [0.25, 0.3) is 0 Å². The summed E-state index contributed by atoms with van der Waals surface area (Å²) in [6.07, 6.45) is 20.0. The number of hydrogen-bond donors (Lipinski definition) is 0. The van der Waals surface area contributed by atoms with E-state index in [0.29, 0.717) is 0 Å². The molecule has 0 unspecified atom stereocenters. The number of rotatable bonds is 0. The summed E-state index contributed by atoms with van der Waals surface area (Å²) in [5, 5.41) is 0. The largest absolute Gasteiger partial charge is 0.184 e. The molecule has 0 nitrogen and oxygen atoms in total. The van der Waals surface area contributed by atoms with Crippen LogP contribution in [-0.4, -0.2) is 6.88 Å². The van der Waals surface area contributed by atoms with E-state index in [1.807, 2.05) is 91.8 Å². The molecule has 0 radical (unpaired) electrons. The van der Waals surface area contributed by atoms with E-state index in [-0.39, 0.29) is 34.0 Å². The molecule has 0 saturated heterocycles. The van der Waals surface area contributed by atoms with Crippen LogP contribution >= 0.6 is 34.0 Å². The van der Waals surface area contributed by atoms with Gasteiger partial charge in [0, 0.05) is 0 Å². The second kappa shape index (κ2) is 29.2. The van der Waals surface area contributed by atoms with Crippen LogP contribution in [0.2, 0.25) is 0 Å². The summed E-state index contributed by atoms with van der Waals surface area (Å²) in [4.78, 5) is 0. The molecule has 2 aliphatic carbocycles. The molecule has 0 fully saturated rings. The Morgan fingerprint density at radius 2 is 0.923 bits per heavy atom. The zero-order chi connectivity index (χ0) is 17.6. The Morgan fingerprint density at radius 3 is 1.00 bits per heavy atom. The molecule has 2 aromatic carbocycles. The topological polar surface area (TPSA) is 0 Å². The molecule has 0 amide bonds. The molecule has 0 aliphatic heterocycles. The Bertz CT molecular complexity index is 455. The molecule has 0 aromatic heterocycles. The molecule has 4 rings (SSSR count). The van der Waals surface area contributed by atoms with Crippen molar-refractivity contribution in [2.24, 2.45) is 0 Å². The molecular formula is C22H24Br2SiZr-4. The van der Waals surface area contributed by atoms with E-state index in [0.717, 1.165) is 12.8 Å². The third-order valence-electron chi connectivity index (χ3n) is 2.39. The van der Waals surface area contributed by atoms with Crippen molar-refractivity contribution in [1.82, 2.24) is 0 Å². The third-order valence-corrected chi connectivity index (χ3v) is 2.39. The molecule has 0 N–H and O–H groups in total. The molecule has 0 heterocycles. The van der Waals surface area contributed by atoms with E-state index in [1.165, 1.54) is 0 Å². The molecule has 0 spiro atoms. The van der Waals surface area contributed by atoms with Gasteiger partial charge < -0.3 is 0 Å². The van der Waals surface area contributed by atoms with Crippen LogP contribution in [0.15, 0.2) is 97.1 Å². The van der Waals surface area contributed by atoms with Crippen LogP contribution in [0, 0.1) is 24.3 Å². The summed E-state index contributed by atoms with van der Waals surface area (Å²) in [5.41, 5.74) is 0. The number of benzene rings is 2. The van der Waals surface area contributed by atoms with Crippen LogP contribution < -0.4 is 0 Å². The Morgan fingerprint density at radius 1 is 0.577 bits per heavy atom. The Hall–Kier alpha value is -0.540. The molecule has 4 heteroatoms. The second-order valence-electron chi connectivity index (χ2n) is 4.16. The summed E-state index contributed by atoms with van der Waals surface area (Å²) in [5.74, 6) is 0. The van der Waals surface area contributed by atoms with Crippen molar-refractivity contribution >= 4 is 40.8 Å². The van der Waals surface area contributed by atoms with Crippen molar-refractivity contribution < 1.29 is 23.3 Å². The predicted octanol–water partition coefficient (Wildman–Crippen LogP) is 5.82. The Kier molecular flexibility index (Phi) is 33.9. The van der Waals surface area contributed by atoms with Crippen molar-refractivity contribution in [3.63, 3.8) is 0 Å². The molecule has 0 saturated carbocycles. The van der Waals surface area contributed by atoms with Gasteiger partial charge >= 0.3 is 30.2 Å². The normalized spacial score (nSPS) is 10.6. The number of allylic oxidation sites excluding steroid dienone is 8. The first-order chi connectivity index (χ1) is 12.0. The van der Waals surface area contributed by atoms with E-state index in [1.54, 1.807) is 23.3 Å². The van der Waals surface area contributed by atoms with Gasteiger partial charge in [0.2, 0.25) is 0 Å². The summed E-state index contributed by atoms with van der Waals surface area (Å²) >= 11 is 1.58. The van der Waals surface area contributed by atoms with Gasteiger partial charge in [0.25, 0.3) is 0 Å². The second-order valence-corrected chi connectivity index (χ2v) is 4.16. The van der Waals surface area contributed by atoms with E-state index < -0.39 is 0 Å². The van der Waals surface area contributed by atoms with Crippen molar-refractivity contribution in [2.75, 3.05) is 0 Å². The van der Waals surface area contributed by atoms with Gasteiger partial charge in [0.05, 0.1) is 0 Å². The molecule has 0 atom stereocenters. The van der Waals surface area contributed by atoms with Gasteiger partial charge in [-0.2, -0.15) is 84.9 Å². The minimum atomic E-state index is 0. The number of halogens is 2. The van der Waals surface area contributed by atoms with Crippen molar-refractivity contribution in [1.29, 1.82) is 0 Å². The van der Waals surface area contributed by atoms with Crippen molar-refractivity contribution in [2.45, 2.75) is 12.8 Å². The monoisotopic (exact) mass is 564 g/mol.